The SMILES string of the molecule is Nc1ncn2ncc(C(=O)NCCc3ccc(N4CC5CCC(C4)N5)cc3)cc12. The molecule has 5 rings (SSSR count). The van der Waals surface area contributed by atoms with Gasteiger partial charge in [0.1, 0.15) is 11.8 Å². The quantitative estimate of drug-likeness (QED) is 0.605. The van der Waals surface area contributed by atoms with Gasteiger partial charge >= 0.3 is 0 Å². The maximum atomic E-state index is 12.4. The summed E-state index contributed by atoms with van der Waals surface area (Å²) in [5, 5.41) is 10.8. The number of benzene rings is 1. The number of amides is 1. The number of imidazole rings is 1. The molecule has 2 bridgehead atoms. The van der Waals surface area contributed by atoms with Gasteiger partial charge in [-0.1, -0.05) is 12.1 Å². The van der Waals surface area contributed by atoms with Crippen LogP contribution in [0.3, 0.4) is 0 Å². The predicted molar refractivity (Wildman–Crippen MR) is 112 cm³/mol. The Morgan fingerprint density at radius 3 is 2.72 bits per heavy atom. The smallest absolute Gasteiger partial charge is 0.253 e. The van der Waals surface area contributed by atoms with Gasteiger partial charge < -0.3 is 21.3 Å². The third-order valence-electron chi connectivity index (χ3n) is 5.91. The van der Waals surface area contributed by atoms with Crippen LogP contribution in [0.25, 0.3) is 5.52 Å². The van der Waals surface area contributed by atoms with E-state index >= 15 is 0 Å². The highest BCUT2D eigenvalue weighted by atomic mass is 16.1. The van der Waals surface area contributed by atoms with Gasteiger partial charge in [-0.2, -0.15) is 5.10 Å². The number of rotatable bonds is 5. The first-order valence-corrected chi connectivity index (χ1v) is 10.1. The number of hydrogen-bond acceptors (Lipinski definition) is 6. The van der Waals surface area contributed by atoms with Crippen molar-refractivity contribution in [2.75, 3.05) is 30.3 Å². The normalized spacial score (nSPS) is 20.9. The fourth-order valence-electron chi connectivity index (χ4n) is 4.33. The topological polar surface area (TPSA) is 101 Å². The number of nitrogen functional groups attached to an aromatic ring is 1. The molecule has 2 aromatic heterocycles. The van der Waals surface area contributed by atoms with Crippen LogP contribution in [-0.2, 0) is 6.42 Å². The summed E-state index contributed by atoms with van der Waals surface area (Å²) in [5.74, 6) is 0.207. The Bertz CT molecular complexity index is 1020. The highest BCUT2D eigenvalue weighted by Gasteiger charge is 2.32. The summed E-state index contributed by atoms with van der Waals surface area (Å²) in [4.78, 5) is 18.9. The maximum absolute atomic E-state index is 12.4. The summed E-state index contributed by atoms with van der Waals surface area (Å²) in [6.07, 6.45) is 6.41. The lowest BCUT2D eigenvalue weighted by Gasteiger charge is -2.34. The second kappa shape index (κ2) is 7.36. The highest BCUT2D eigenvalue weighted by Crippen LogP contribution is 2.25. The van der Waals surface area contributed by atoms with Crippen molar-refractivity contribution < 1.29 is 4.79 Å². The Labute approximate surface area is 169 Å². The number of nitrogens with zero attached hydrogens (tertiary/aromatic N) is 4. The molecule has 2 fully saturated rings. The van der Waals surface area contributed by atoms with Gasteiger partial charge in [-0.3, -0.25) is 4.79 Å². The van der Waals surface area contributed by atoms with Gasteiger partial charge in [0.15, 0.2) is 5.82 Å². The van der Waals surface area contributed by atoms with Gasteiger partial charge in [0.2, 0.25) is 0 Å². The molecule has 2 aliphatic heterocycles. The molecule has 2 atom stereocenters. The van der Waals surface area contributed by atoms with E-state index in [2.05, 4.69) is 49.9 Å². The van der Waals surface area contributed by atoms with Gasteiger partial charge in [0, 0.05) is 37.4 Å². The van der Waals surface area contributed by atoms with E-state index in [1.165, 1.54) is 36.6 Å². The van der Waals surface area contributed by atoms with Gasteiger partial charge in [0.05, 0.1) is 11.8 Å². The molecule has 3 aromatic rings. The molecule has 1 aromatic carbocycles. The molecular weight excluding hydrogens is 366 g/mol. The van der Waals surface area contributed by atoms with Crippen molar-refractivity contribution in [3.63, 3.8) is 0 Å². The Morgan fingerprint density at radius 2 is 1.97 bits per heavy atom. The Morgan fingerprint density at radius 1 is 1.21 bits per heavy atom. The third kappa shape index (κ3) is 3.63. The number of carbonyl (C=O) groups excluding carboxylic acids is 1. The number of aromatic nitrogens is 3. The molecule has 0 radical (unpaired) electrons. The average Bonchev–Trinajstić information content (AvgIpc) is 3.29. The molecule has 4 N–H and O–H groups in total. The zero-order valence-corrected chi connectivity index (χ0v) is 16.2. The molecule has 8 nitrogen and oxygen atoms in total. The van der Waals surface area contributed by atoms with Crippen LogP contribution >= 0.6 is 0 Å². The Kier molecular flexibility index (Phi) is 4.55. The van der Waals surface area contributed by atoms with Crippen LogP contribution in [0.5, 0.6) is 0 Å². The van der Waals surface area contributed by atoms with Crippen molar-refractivity contribution in [3.8, 4) is 0 Å². The Balaban J connectivity index is 1.16. The van der Waals surface area contributed by atoms with E-state index < -0.39 is 0 Å². The molecule has 2 saturated heterocycles. The standard InChI is InChI=1S/C21H25N7O/c22-20-19-9-15(10-25-28(19)13-24-20)21(29)23-8-7-14-1-5-18(6-2-14)27-11-16-3-4-17(12-27)26-16/h1-2,5-6,9-10,13,16-17,26H,3-4,7-8,11-12,22H2,(H,23,29). The van der Waals surface area contributed by atoms with E-state index in [-0.39, 0.29) is 5.91 Å². The molecule has 1 amide bonds. The summed E-state index contributed by atoms with van der Waals surface area (Å²) < 4.78 is 1.55. The van der Waals surface area contributed by atoms with Gasteiger partial charge in [-0.05, 0) is 43.0 Å². The third-order valence-corrected chi connectivity index (χ3v) is 5.91. The summed E-state index contributed by atoms with van der Waals surface area (Å²) >= 11 is 0. The highest BCUT2D eigenvalue weighted by molar-refractivity contribution is 5.95. The minimum absolute atomic E-state index is 0.159. The average molecular weight is 391 g/mol. The van der Waals surface area contributed by atoms with Gasteiger partial charge in [-0.15, -0.1) is 0 Å². The van der Waals surface area contributed by atoms with Crippen molar-refractivity contribution >= 4 is 22.9 Å². The van der Waals surface area contributed by atoms with Crippen molar-refractivity contribution in [2.45, 2.75) is 31.3 Å². The molecule has 0 spiro atoms. The maximum Gasteiger partial charge on any atom is 0.253 e. The molecule has 0 aliphatic carbocycles. The lowest BCUT2D eigenvalue weighted by Crippen LogP contribution is -2.51. The fourth-order valence-corrected chi connectivity index (χ4v) is 4.33. The minimum Gasteiger partial charge on any atom is -0.382 e. The van der Waals surface area contributed by atoms with Crippen molar-refractivity contribution in [3.05, 3.63) is 54.0 Å². The number of nitrogens with two attached hydrogens (primary N) is 1. The van der Waals surface area contributed by atoms with E-state index in [1.807, 2.05) is 0 Å². The zero-order valence-electron chi connectivity index (χ0n) is 16.2. The molecular formula is C21H25N7O. The van der Waals surface area contributed by atoms with E-state index in [0.29, 0.717) is 35.5 Å². The second-order valence-corrected chi connectivity index (χ2v) is 7.92. The first-order valence-electron chi connectivity index (χ1n) is 10.1. The summed E-state index contributed by atoms with van der Waals surface area (Å²) in [7, 11) is 0. The van der Waals surface area contributed by atoms with Crippen LogP contribution in [0.1, 0.15) is 28.8 Å². The minimum atomic E-state index is -0.159. The predicted octanol–water partition coefficient (Wildman–Crippen LogP) is 1.22. The zero-order chi connectivity index (χ0) is 19.8. The van der Waals surface area contributed by atoms with Crippen LogP contribution < -0.4 is 21.3 Å². The van der Waals surface area contributed by atoms with E-state index in [4.69, 9.17) is 5.73 Å². The first-order chi connectivity index (χ1) is 14.2. The van der Waals surface area contributed by atoms with Gasteiger partial charge in [0.25, 0.3) is 5.91 Å². The van der Waals surface area contributed by atoms with Crippen LogP contribution in [0.4, 0.5) is 11.5 Å². The van der Waals surface area contributed by atoms with Crippen LogP contribution in [0.2, 0.25) is 0 Å². The first kappa shape index (κ1) is 17.9. The van der Waals surface area contributed by atoms with Crippen molar-refractivity contribution in [1.82, 2.24) is 25.2 Å². The van der Waals surface area contributed by atoms with Gasteiger partial charge in [-0.25, -0.2) is 9.50 Å². The lowest BCUT2D eigenvalue weighted by atomic mass is 10.1. The molecule has 8 heteroatoms. The van der Waals surface area contributed by atoms with Crippen molar-refractivity contribution in [1.29, 1.82) is 0 Å². The summed E-state index contributed by atoms with van der Waals surface area (Å²) in [6, 6.07) is 11.7. The molecule has 2 aliphatic rings. The number of fused-ring (bicyclic) bond motifs is 3. The second-order valence-electron chi connectivity index (χ2n) is 7.92. The van der Waals surface area contributed by atoms with Crippen LogP contribution in [-0.4, -0.2) is 52.2 Å². The largest absolute Gasteiger partial charge is 0.382 e. The molecule has 2 unspecified atom stereocenters. The van der Waals surface area contributed by atoms with Crippen molar-refractivity contribution in [2.24, 2.45) is 0 Å². The molecule has 4 heterocycles. The van der Waals surface area contributed by atoms with Crippen LogP contribution in [0, 0.1) is 0 Å². The molecule has 29 heavy (non-hydrogen) atoms. The number of hydrogen-bond donors (Lipinski definition) is 3. The van der Waals surface area contributed by atoms with E-state index in [9.17, 15) is 4.79 Å². The number of carbonyl (C=O) groups is 1. The monoisotopic (exact) mass is 391 g/mol. The number of nitrogens with one attached hydrogen (secondary N) is 2. The van der Waals surface area contributed by atoms with Crippen LogP contribution in [0.15, 0.2) is 42.9 Å². The summed E-state index contributed by atoms with van der Waals surface area (Å²) in [5.41, 5.74) is 9.40. The molecule has 0 saturated carbocycles. The fraction of sp³-hybridized carbons (Fsp3) is 0.381. The number of anilines is 2. The molecule has 150 valence electrons. The summed E-state index contributed by atoms with van der Waals surface area (Å²) in [6.45, 7) is 2.74. The lowest BCUT2D eigenvalue weighted by molar-refractivity contribution is 0.0953. The number of piperazine rings is 1. The van der Waals surface area contributed by atoms with E-state index in [0.717, 1.165) is 19.5 Å². The van der Waals surface area contributed by atoms with E-state index in [1.54, 1.807) is 10.6 Å². The Hall–Kier alpha value is -3.13.